The fraction of sp³-hybridized carbons (Fsp3) is 0.333. The Morgan fingerprint density at radius 2 is 1.95 bits per heavy atom. The Bertz CT molecular complexity index is 774. The van der Waals surface area contributed by atoms with Gasteiger partial charge in [0.15, 0.2) is 0 Å². The van der Waals surface area contributed by atoms with E-state index in [9.17, 15) is 8.42 Å². The minimum absolute atomic E-state index is 0.175. The minimum atomic E-state index is -3.68. The van der Waals surface area contributed by atoms with E-state index >= 15 is 0 Å². The van der Waals surface area contributed by atoms with Crippen molar-refractivity contribution in [1.82, 2.24) is 19.5 Å². The first kappa shape index (κ1) is 16.6. The van der Waals surface area contributed by atoms with Crippen LogP contribution in [0, 0.1) is 6.92 Å². The Morgan fingerprint density at radius 3 is 2.52 bits per heavy atom. The van der Waals surface area contributed by atoms with Crippen molar-refractivity contribution >= 4 is 41.9 Å². The van der Waals surface area contributed by atoms with Crippen molar-refractivity contribution in [1.29, 1.82) is 0 Å². The highest BCUT2D eigenvalue weighted by Gasteiger charge is 2.23. The Balaban J connectivity index is 2.35. The van der Waals surface area contributed by atoms with E-state index < -0.39 is 16.1 Å². The number of benzene rings is 1. The molecule has 1 N–H and O–H groups in total. The lowest BCUT2D eigenvalue weighted by atomic mass is 10.2. The van der Waals surface area contributed by atoms with Crippen LogP contribution < -0.4 is 4.72 Å². The molecule has 1 unspecified atom stereocenters. The van der Waals surface area contributed by atoms with Crippen LogP contribution in [0.15, 0.2) is 32.3 Å². The maximum Gasteiger partial charge on any atom is 0.242 e. The SMILES string of the molecule is Cc1cc(Br)c(S(=O)(=O)NC(C)c2nncn2C)cc1Br. The Labute approximate surface area is 140 Å². The van der Waals surface area contributed by atoms with Gasteiger partial charge in [0.05, 0.1) is 10.9 Å². The fourth-order valence-corrected chi connectivity index (χ4v) is 4.75. The molecule has 0 saturated heterocycles. The molecule has 1 aromatic carbocycles. The van der Waals surface area contributed by atoms with Gasteiger partial charge >= 0.3 is 0 Å². The molecule has 21 heavy (non-hydrogen) atoms. The number of hydrogen-bond donors (Lipinski definition) is 1. The predicted molar refractivity (Wildman–Crippen MR) is 86.3 cm³/mol. The second kappa shape index (κ2) is 6.15. The van der Waals surface area contributed by atoms with E-state index in [1.54, 1.807) is 30.7 Å². The predicted octanol–water partition coefficient (Wildman–Crippen LogP) is 2.69. The summed E-state index contributed by atoms with van der Waals surface area (Å²) >= 11 is 6.65. The standard InChI is InChI=1S/C12H14Br2N4O2S/c1-7-4-10(14)11(5-9(7)13)21(19,20)17-8(2)12-16-15-6-18(12)3/h4-6,8,17H,1-3H3. The molecule has 1 aromatic heterocycles. The largest absolute Gasteiger partial charge is 0.319 e. The fourth-order valence-electron chi connectivity index (χ4n) is 1.87. The summed E-state index contributed by atoms with van der Waals surface area (Å²) in [5.41, 5.74) is 0.946. The molecular weight excluding hydrogens is 424 g/mol. The molecule has 114 valence electrons. The smallest absolute Gasteiger partial charge is 0.242 e. The van der Waals surface area contributed by atoms with E-state index in [1.807, 2.05) is 6.92 Å². The van der Waals surface area contributed by atoms with Crippen molar-refractivity contribution in [2.45, 2.75) is 24.8 Å². The van der Waals surface area contributed by atoms with Gasteiger partial charge in [0, 0.05) is 16.0 Å². The molecule has 2 rings (SSSR count). The lowest BCUT2D eigenvalue weighted by Crippen LogP contribution is -2.29. The first-order chi connectivity index (χ1) is 9.72. The summed E-state index contributed by atoms with van der Waals surface area (Å²) in [6.45, 7) is 3.61. The van der Waals surface area contributed by atoms with E-state index in [4.69, 9.17) is 0 Å². The quantitative estimate of drug-likeness (QED) is 0.797. The van der Waals surface area contributed by atoms with E-state index in [0.717, 1.165) is 10.0 Å². The number of halogens is 2. The molecular formula is C12H14Br2N4O2S. The van der Waals surface area contributed by atoms with Gasteiger partial charge < -0.3 is 4.57 Å². The van der Waals surface area contributed by atoms with Crippen LogP contribution in [0.3, 0.4) is 0 Å². The van der Waals surface area contributed by atoms with Gasteiger partial charge in [-0.15, -0.1) is 10.2 Å². The molecule has 0 aliphatic heterocycles. The second-order valence-corrected chi connectivity index (χ2v) is 8.07. The van der Waals surface area contributed by atoms with Crippen molar-refractivity contribution in [3.8, 4) is 0 Å². The zero-order valence-corrected chi connectivity index (χ0v) is 15.6. The third kappa shape index (κ3) is 3.53. The van der Waals surface area contributed by atoms with Crippen LogP contribution in [0.5, 0.6) is 0 Å². The molecule has 0 saturated carbocycles. The average Bonchev–Trinajstić information content (AvgIpc) is 2.79. The maximum atomic E-state index is 12.5. The zero-order chi connectivity index (χ0) is 15.8. The highest BCUT2D eigenvalue weighted by atomic mass is 79.9. The number of nitrogens with zero attached hydrogens (tertiary/aromatic N) is 3. The summed E-state index contributed by atoms with van der Waals surface area (Å²) in [6, 6.07) is 2.84. The van der Waals surface area contributed by atoms with Crippen molar-refractivity contribution in [2.75, 3.05) is 0 Å². The van der Waals surface area contributed by atoms with E-state index in [1.165, 1.54) is 6.33 Å². The lowest BCUT2D eigenvalue weighted by molar-refractivity contribution is 0.553. The number of sulfonamides is 1. The first-order valence-electron chi connectivity index (χ1n) is 6.04. The van der Waals surface area contributed by atoms with Gasteiger partial charge in [0.1, 0.15) is 12.2 Å². The molecule has 2 aromatic rings. The molecule has 0 fully saturated rings. The maximum absolute atomic E-state index is 12.5. The number of hydrogen-bond acceptors (Lipinski definition) is 4. The minimum Gasteiger partial charge on any atom is -0.319 e. The molecule has 1 heterocycles. The Kier molecular flexibility index (Phi) is 4.86. The molecule has 0 amide bonds. The van der Waals surface area contributed by atoms with Gasteiger partial charge in [-0.1, -0.05) is 15.9 Å². The number of aromatic nitrogens is 3. The Hall–Kier alpha value is -0.770. The van der Waals surface area contributed by atoms with Gasteiger partial charge in [-0.05, 0) is 47.5 Å². The van der Waals surface area contributed by atoms with Crippen molar-refractivity contribution in [2.24, 2.45) is 7.05 Å². The molecule has 9 heteroatoms. The van der Waals surface area contributed by atoms with E-state index in [0.29, 0.717) is 10.3 Å². The monoisotopic (exact) mass is 436 g/mol. The van der Waals surface area contributed by atoms with Crippen LogP contribution in [-0.4, -0.2) is 23.2 Å². The number of aryl methyl sites for hydroxylation is 2. The first-order valence-corrected chi connectivity index (χ1v) is 9.11. The van der Waals surface area contributed by atoms with Gasteiger partial charge in [-0.3, -0.25) is 0 Å². The summed E-state index contributed by atoms with van der Waals surface area (Å²) < 4.78 is 30.6. The third-order valence-corrected chi connectivity index (χ3v) is 6.32. The molecule has 0 bridgehead atoms. The lowest BCUT2D eigenvalue weighted by Gasteiger charge is -2.15. The average molecular weight is 438 g/mol. The van der Waals surface area contributed by atoms with Crippen molar-refractivity contribution < 1.29 is 8.42 Å². The number of nitrogens with one attached hydrogen (secondary N) is 1. The highest BCUT2D eigenvalue weighted by molar-refractivity contribution is 9.11. The van der Waals surface area contributed by atoms with Crippen LogP contribution in [0.4, 0.5) is 0 Å². The van der Waals surface area contributed by atoms with E-state index in [-0.39, 0.29) is 4.90 Å². The molecule has 1 atom stereocenters. The van der Waals surface area contributed by atoms with Crippen molar-refractivity contribution in [3.63, 3.8) is 0 Å². The summed E-state index contributed by atoms with van der Waals surface area (Å²) in [7, 11) is -1.92. The van der Waals surface area contributed by atoms with Gasteiger partial charge in [0.2, 0.25) is 10.0 Å². The summed E-state index contributed by atoms with van der Waals surface area (Å²) in [4.78, 5) is 0.175. The molecule has 0 spiro atoms. The molecule has 6 nitrogen and oxygen atoms in total. The third-order valence-electron chi connectivity index (χ3n) is 2.97. The van der Waals surface area contributed by atoms with Crippen LogP contribution in [0.2, 0.25) is 0 Å². The van der Waals surface area contributed by atoms with Gasteiger partial charge in [-0.2, -0.15) is 0 Å². The normalized spacial score (nSPS) is 13.4. The van der Waals surface area contributed by atoms with Gasteiger partial charge in [0.25, 0.3) is 0 Å². The summed E-state index contributed by atoms with van der Waals surface area (Å²) in [5, 5.41) is 7.66. The van der Waals surface area contributed by atoms with Crippen LogP contribution in [-0.2, 0) is 17.1 Å². The second-order valence-electron chi connectivity index (χ2n) is 4.67. The van der Waals surface area contributed by atoms with Crippen molar-refractivity contribution in [3.05, 3.63) is 38.8 Å². The molecule has 0 radical (unpaired) electrons. The Morgan fingerprint density at radius 1 is 1.29 bits per heavy atom. The van der Waals surface area contributed by atoms with E-state index in [2.05, 4.69) is 46.8 Å². The number of rotatable bonds is 4. The van der Waals surface area contributed by atoms with Crippen LogP contribution >= 0.6 is 31.9 Å². The van der Waals surface area contributed by atoms with Crippen LogP contribution in [0.1, 0.15) is 24.4 Å². The summed E-state index contributed by atoms with van der Waals surface area (Å²) in [5.74, 6) is 0.542. The van der Waals surface area contributed by atoms with Gasteiger partial charge in [-0.25, -0.2) is 13.1 Å². The highest BCUT2D eigenvalue weighted by Crippen LogP contribution is 2.29. The molecule has 0 aliphatic rings. The topological polar surface area (TPSA) is 76.9 Å². The zero-order valence-electron chi connectivity index (χ0n) is 11.6. The van der Waals surface area contributed by atoms with Crippen LogP contribution in [0.25, 0.3) is 0 Å². The summed E-state index contributed by atoms with van der Waals surface area (Å²) in [6.07, 6.45) is 1.53. The molecule has 0 aliphatic carbocycles.